The molecule has 0 aromatic heterocycles. The van der Waals surface area contributed by atoms with Crippen LogP contribution in [0.5, 0.6) is 0 Å². The Morgan fingerprint density at radius 2 is 1.85 bits per heavy atom. The number of alkyl halides is 1. The molecule has 0 saturated heterocycles. The lowest BCUT2D eigenvalue weighted by Crippen LogP contribution is -2.35. The van der Waals surface area contributed by atoms with Gasteiger partial charge in [-0.05, 0) is 26.3 Å². The van der Waals surface area contributed by atoms with Gasteiger partial charge in [-0.25, -0.2) is 4.79 Å². The predicted molar refractivity (Wildman–Crippen MR) is 78.9 cm³/mol. The second-order valence-electron chi connectivity index (χ2n) is 5.49. The Morgan fingerprint density at radius 3 is 2.35 bits per heavy atom. The van der Waals surface area contributed by atoms with Gasteiger partial charge in [-0.1, -0.05) is 30.3 Å². The molecular weight excluding hydrogens is 278 g/mol. The number of benzene rings is 1. The van der Waals surface area contributed by atoms with Crippen molar-refractivity contribution in [1.82, 2.24) is 5.32 Å². The van der Waals surface area contributed by atoms with E-state index in [0.717, 1.165) is 5.56 Å². The smallest absolute Gasteiger partial charge is 0.408 e. The summed E-state index contributed by atoms with van der Waals surface area (Å²) in [7, 11) is 0. The highest BCUT2D eigenvalue weighted by molar-refractivity contribution is 6.27. The second-order valence-corrected chi connectivity index (χ2v) is 5.75. The van der Waals surface area contributed by atoms with Crippen molar-refractivity contribution in [1.29, 1.82) is 0 Å². The summed E-state index contributed by atoms with van der Waals surface area (Å²) >= 11 is 5.53. The maximum absolute atomic E-state index is 11.8. The van der Waals surface area contributed by atoms with Gasteiger partial charge in [0.05, 0.1) is 11.9 Å². The fraction of sp³-hybridized carbons (Fsp3) is 0.467. The monoisotopic (exact) mass is 297 g/mol. The summed E-state index contributed by atoms with van der Waals surface area (Å²) in [4.78, 5) is 23.4. The number of hydrogen-bond acceptors (Lipinski definition) is 3. The van der Waals surface area contributed by atoms with E-state index in [1.807, 2.05) is 30.3 Å². The van der Waals surface area contributed by atoms with Crippen molar-refractivity contribution >= 4 is 23.5 Å². The third-order valence-corrected chi connectivity index (χ3v) is 2.77. The quantitative estimate of drug-likeness (QED) is 0.847. The number of nitrogens with one attached hydrogen (secondary N) is 1. The van der Waals surface area contributed by atoms with Crippen LogP contribution < -0.4 is 5.32 Å². The van der Waals surface area contributed by atoms with Gasteiger partial charge in [-0.3, -0.25) is 4.79 Å². The van der Waals surface area contributed by atoms with Crippen molar-refractivity contribution in [3.05, 3.63) is 35.9 Å². The average Bonchev–Trinajstić information content (AvgIpc) is 2.36. The Morgan fingerprint density at radius 1 is 1.25 bits per heavy atom. The van der Waals surface area contributed by atoms with Crippen LogP contribution in [-0.2, 0) is 9.53 Å². The number of ether oxygens (including phenoxy) is 1. The van der Waals surface area contributed by atoms with Crippen molar-refractivity contribution in [3.63, 3.8) is 0 Å². The van der Waals surface area contributed by atoms with E-state index in [0.29, 0.717) is 0 Å². The van der Waals surface area contributed by atoms with E-state index in [1.54, 1.807) is 20.8 Å². The lowest BCUT2D eigenvalue weighted by molar-refractivity contribution is -0.117. The van der Waals surface area contributed by atoms with Crippen LogP contribution in [0.3, 0.4) is 0 Å². The topological polar surface area (TPSA) is 55.4 Å². The normalized spacial score (nSPS) is 12.6. The molecule has 0 aliphatic rings. The highest BCUT2D eigenvalue weighted by atomic mass is 35.5. The maximum Gasteiger partial charge on any atom is 0.408 e. The van der Waals surface area contributed by atoms with Crippen LogP contribution in [0.2, 0.25) is 0 Å². The molecule has 1 aromatic carbocycles. The summed E-state index contributed by atoms with van der Waals surface area (Å²) in [6, 6.07) is 8.84. The molecule has 110 valence electrons. The van der Waals surface area contributed by atoms with Crippen LogP contribution in [0.1, 0.15) is 38.8 Å². The molecule has 1 N–H and O–H groups in total. The summed E-state index contributed by atoms with van der Waals surface area (Å²) < 4.78 is 5.21. The zero-order valence-corrected chi connectivity index (χ0v) is 12.7. The molecule has 0 heterocycles. The minimum atomic E-state index is -0.582. The van der Waals surface area contributed by atoms with Crippen molar-refractivity contribution in [3.8, 4) is 0 Å². The lowest BCUT2D eigenvalue weighted by atomic mass is 10.0. The Bertz CT molecular complexity index is 454. The third kappa shape index (κ3) is 6.06. The van der Waals surface area contributed by atoms with E-state index in [4.69, 9.17) is 16.3 Å². The first-order valence-corrected chi connectivity index (χ1v) is 6.97. The van der Waals surface area contributed by atoms with Crippen molar-refractivity contribution in [2.24, 2.45) is 0 Å². The van der Waals surface area contributed by atoms with Crippen molar-refractivity contribution < 1.29 is 14.3 Å². The number of rotatable bonds is 5. The first-order chi connectivity index (χ1) is 9.31. The largest absolute Gasteiger partial charge is 0.444 e. The molecule has 1 aromatic rings. The summed E-state index contributed by atoms with van der Waals surface area (Å²) in [5.41, 5.74) is 0.263. The Balaban J connectivity index is 2.78. The highest BCUT2D eigenvalue weighted by Gasteiger charge is 2.22. The molecule has 4 nitrogen and oxygen atoms in total. The van der Waals surface area contributed by atoms with Gasteiger partial charge >= 0.3 is 6.09 Å². The van der Waals surface area contributed by atoms with Gasteiger partial charge in [0, 0.05) is 6.42 Å². The number of hydrogen-bond donors (Lipinski definition) is 1. The molecule has 1 amide bonds. The molecule has 0 saturated carbocycles. The maximum atomic E-state index is 11.8. The molecule has 0 aliphatic carbocycles. The summed E-state index contributed by atoms with van der Waals surface area (Å²) in [6.07, 6.45) is -0.402. The molecule has 0 aliphatic heterocycles. The summed E-state index contributed by atoms with van der Waals surface area (Å²) in [6.45, 7) is 5.36. The number of carbonyl (C=O) groups excluding carboxylic acids is 2. The fourth-order valence-corrected chi connectivity index (χ4v) is 1.78. The second kappa shape index (κ2) is 7.29. The molecule has 0 bridgehead atoms. The van der Waals surface area contributed by atoms with Gasteiger partial charge in [0.2, 0.25) is 0 Å². The first kappa shape index (κ1) is 16.5. The number of alkyl carbamates (subject to hydrolysis) is 1. The van der Waals surface area contributed by atoms with E-state index in [-0.39, 0.29) is 18.1 Å². The number of amides is 1. The van der Waals surface area contributed by atoms with Crippen LogP contribution in [0.4, 0.5) is 4.79 Å². The highest BCUT2D eigenvalue weighted by Crippen LogP contribution is 2.18. The predicted octanol–water partition coefficient (Wildman–Crippen LogP) is 3.45. The lowest BCUT2D eigenvalue weighted by Gasteiger charge is -2.23. The van der Waals surface area contributed by atoms with E-state index in [2.05, 4.69) is 5.32 Å². The zero-order valence-electron chi connectivity index (χ0n) is 12.0. The molecular formula is C15H20ClNO3. The fourth-order valence-electron chi connectivity index (χ4n) is 1.67. The molecule has 0 fully saturated rings. The zero-order chi connectivity index (χ0) is 15.2. The SMILES string of the molecule is CC(C)(C)OC(=O)N[C@@H](CC(=O)CCl)c1ccccc1. The van der Waals surface area contributed by atoms with E-state index >= 15 is 0 Å². The van der Waals surface area contributed by atoms with Gasteiger partial charge in [-0.2, -0.15) is 0 Å². The van der Waals surface area contributed by atoms with Gasteiger partial charge in [0.15, 0.2) is 0 Å². The molecule has 0 spiro atoms. The average molecular weight is 298 g/mol. The van der Waals surface area contributed by atoms with Crippen LogP contribution in [0.25, 0.3) is 0 Å². The summed E-state index contributed by atoms with van der Waals surface area (Å²) in [5.74, 6) is -0.198. The standard InChI is InChI=1S/C15H20ClNO3/c1-15(2,3)20-14(19)17-13(9-12(18)10-16)11-7-5-4-6-8-11/h4-8,13H,9-10H2,1-3H3,(H,17,19)/t13-/m0/s1. The summed E-state index contributed by atoms with van der Waals surface area (Å²) in [5, 5.41) is 2.71. The van der Waals surface area contributed by atoms with Gasteiger partial charge in [0.25, 0.3) is 0 Å². The van der Waals surface area contributed by atoms with Crippen LogP contribution in [0, 0.1) is 0 Å². The van der Waals surface area contributed by atoms with E-state index < -0.39 is 17.7 Å². The minimum absolute atomic E-state index is 0.0701. The van der Waals surface area contributed by atoms with Gasteiger partial charge in [0.1, 0.15) is 11.4 Å². The number of ketones is 1. The van der Waals surface area contributed by atoms with E-state index in [1.165, 1.54) is 0 Å². The van der Waals surface area contributed by atoms with Gasteiger partial charge in [-0.15, -0.1) is 11.6 Å². The molecule has 5 heteroatoms. The molecule has 0 unspecified atom stereocenters. The van der Waals surface area contributed by atoms with Crippen molar-refractivity contribution in [2.45, 2.75) is 38.8 Å². The van der Waals surface area contributed by atoms with E-state index in [9.17, 15) is 9.59 Å². The third-order valence-electron chi connectivity index (χ3n) is 2.47. The molecule has 0 radical (unpaired) electrons. The van der Waals surface area contributed by atoms with Crippen LogP contribution >= 0.6 is 11.6 Å². The Hall–Kier alpha value is -1.55. The number of Topliss-reactive ketones (excluding diaryl/α,β-unsaturated/α-hetero) is 1. The van der Waals surface area contributed by atoms with Crippen LogP contribution in [0.15, 0.2) is 30.3 Å². The molecule has 1 atom stereocenters. The molecule has 1 rings (SSSR count). The van der Waals surface area contributed by atoms with Crippen LogP contribution in [-0.4, -0.2) is 23.4 Å². The van der Waals surface area contributed by atoms with Gasteiger partial charge < -0.3 is 10.1 Å². The molecule has 20 heavy (non-hydrogen) atoms. The Kier molecular flexibility index (Phi) is 6.02. The minimum Gasteiger partial charge on any atom is -0.444 e. The number of halogens is 1. The number of carbonyl (C=O) groups is 2. The van der Waals surface area contributed by atoms with Crippen molar-refractivity contribution in [2.75, 3.05) is 5.88 Å². The first-order valence-electron chi connectivity index (χ1n) is 6.44. The Labute approximate surface area is 124 Å².